The lowest BCUT2D eigenvalue weighted by atomic mass is 9.85. The zero-order valence-corrected chi connectivity index (χ0v) is 37.3. The summed E-state index contributed by atoms with van der Waals surface area (Å²) in [7, 11) is 0. The van der Waals surface area contributed by atoms with Crippen molar-refractivity contribution >= 4 is 44.6 Å². The first-order valence-corrected chi connectivity index (χ1v) is 21.9. The molecule has 5 heteroatoms. The minimum absolute atomic E-state index is 0.00592. The quantitative estimate of drug-likeness (QED) is 0.0869. The van der Waals surface area contributed by atoms with Crippen molar-refractivity contribution in [2.45, 2.75) is 91.9 Å². The maximum absolute atomic E-state index is 7.02. The number of quaternary nitrogens is 2. The maximum atomic E-state index is 7.02. The van der Waals surface area contributed by atoms with Gasteiger partial charge in [-0.05, 0) is 92.4 Å². The van der Waals surface area contributed by atoms with Gasteiger partial charge >= 0.3 is 0 Å². The van der Waals surface area contributed by atoms with Gasteiger partial charge in [0.1, 0.15) is 17.3 Å². The van der Waals surface area contributed by atoms with Gasteiger partial charge in [-0.3, -0.25) is 4.57 Å². The van der Waals surface area contributed by atoms with E-state index in [9.17, 15) is 0 Å². The highest BCUT2D eigenvalue weighted by Crippen LogP contribution is 2.75. The molecule has 0 N–H and O–H groups in total. The fourth-order valence-corrected chi connectivity index (χ4v) is 9.89. The molecule has 0 aliphatic carbocycles. The number of pyridine rings is 1. The van der Waals surface area contributed by atoms with Crippen LogP contribution in [0.4, 0.5) is 22.7 Å². The minimum atomic E-state index is -0.115. The number of fused-ring (bicyclic) bond motifs is 7. The van der Waals surface area contributed by atoms with Gasteiger partial charge in [-0.15, -0.1) is 0 Å². The summed E-state index contributed by atoms with van der Waals surface area (Å²) >= 11 is 0. The summed E-state index contributed by atoms with van der Waals surface area (Å²) < 4.78 is 10.5. The van der Waals surface area contributed by atoms with E-state index in [0.717, 1.165) is 28.4 Å². The molecule has 0 radical (unpaired) electrons. The monoisotopic (exact) mass is 801 g/mol. The van der Waals surface area contributed by atoms with Gasteiger partial charge in [-0.25, -0.2) is 4.98 Å². The van der Waals surface area contributed by atoms with Crippen LogP contribution in [0.1, 0.15) is 103 Å². The fraction of sp³-hybridized carbons (Fsp3) is 0.250. The van der Waals surface area contributed by atoms with Crippen molar-refractivity contribution in [1.82, 2.24) is 18.7 Å². The first-order chi connectivity index (χ1) is 29.1. The third-order valence-corrected chi connectivity index (χ3v) is 13.2. The molecule has 0 spiro atoms. The molecule has 5 nitrogen and oxygen atoms in total. The number of aromatic nitrogens is 2. The number of para-hydroxylation sites is 3. The van der Waals surface area contributed by atoms with Gasteiger partial charge in [0, 0.05) is 59.4 Å². The lowest BCUT2D eigenvalue weighted by molar-refractivity contribution is 0.422. The first-order valence-electron chi connectivity index (χ1n) is 21.9. The van der Waals surface area contributed by atoms with Crippen LogP contribution in [0.25, 0.3) is 38.8 Å². The maximum Gasteiger partial charge on any atom is 0.225 e. The zero-order valence-electron chi connectivity index (χ0n) is 37.3. The topological polar surface area (TPSA) is 27.1 Å². The standard InChI is InChI=1S/C56H57N4O/c1-36(2)45-20-16-21-46(37(3)4)54(45)38-17-15-18-41(29-38)59-35-60(59,52-24-14-13-23-51(52)59)42-30-40(56(8,9)10)31-44(33-42)61-43-25-26-48-47-19-11-12-22-49(47)58(50(48)34-43)53-32-39(27-28-57-53)55(5,6)7/h11-37H,1-10H3/q+1/t59?,60-/m1/s1. The van der Waals surface area contributed by atoms with Gasteiger partial charge in [-0.1, -0.05) is 130 Å². The van der Waals surface area contributed by atoms with Crippen LogP contribution < -0.4 is 13.9 Å². The molecule has 0 amide bonds. The summed E-state index contributed by atoms with van der Waals surface area (Å²) in [6.07, 6.45) is 1.93. The summed E-state index contributed by atoms with van der Waals surface area (Å²) in [5, 5.41) is 2.37. The molecule has 4 heterocycles. The molecule has 2 aliphatic heterocycles. The fourth-order valence-electron chi connectivity index (χ4n) is 9.89. The Morgan fingerprint density at radius 2 is 1.18 bits per heavy atom. The van der Waals surface area contributed by atoms with E-state index in [-0.39, 0.29) is 10.8 Å². The summed E-state index contributed by atoms with van der Waals surface area (Å²) in [6.45, 7) is 25.3. The second-order valence-electron chi connectivity index (χ2n) is 19.9. The Morgan fingerprint density at radius 1 is 0.541 bits per heavy atom. The number of nitrogens with zero attached hydrogens (tertiary/aromatic N) is 4. The molecular weight excluding hydrogens is 745 g/mol. The van der Waals surface area contributed by atoms with Crippen LogP contribution >= 0.6 is 0 Å². The van der Waals surface area contributed by atoms with Crippen molar-refractivity contribution in [1.29, 1.82) is 0 Å². The molecule has 0 saturated carbocycles. The van der Waals surface area contributed by atoms with Gasteiger partial charge in [0.15, 0.2) is 18.0 Å². The molecule has 2 aliphatic rings. The van der Waals surface area contributed by atoms with Crippen LogP contribution in [-0.2, 0) is 10.8 Å². The van der Waals surface area contributed by atoms with E-state index < -0.39 is 0 Å². The lowest BCUT2D eigenvalue weighted by Crippen LogP contribution is -2.46. The number of benzene rings is 6. The van der Waals surface area contributed by atoms with Crippen molar-refractivity contribution in [3.63, 3.8) is 0 Å². The highest BCUT2D eigenvalue weighted by molar-refractivity contribution is 6.09. The Balaban J connectivity index is 1.10. The molecule has 0 bridgehead atoms. The van der Waals surface area contributed by atoms with E-state index in [1.165, 1.54) is 66.9 Å². The second-order valence-corrected chi connectivity index (χ2v) is 19.9. The average Bonchev–Trinajstić information content (AvgIpc) is 3.73. The van der Waals surface area contributed by atoms with Gasteiger partial charge in [0.05, 0.1) is 11.0 Å². The van der Waals surface area contributed by atoms with Crippen LogP contribution in [0.2, 0.25) is 0 Å². The molecule has 1 fully saturated rings. The third kappa shape index (κ3) is 6.00. The number of rotatable bonds is 8. The molecule has 2 aromatic heterocycles. The largest absolute Gasteiger partial charge is 0.457 e. The highest BCUT2D eigenvalue weighted by atomic mass is 16.5. The summed E-state index contributed by atoms with van der Waals surface area (Å²) in [6, 6.07) is 51.5. The molecule has 306 valence electrons. The first kappa shape index (κ1) is 39.1. The predicted molar refractivity (Wildman–Crippen MR) is 256 cm³/mol. The van der Waals surface area contributed by atoms with Crippen molar-refractivity contribution in [3.8, 4) is 28.4 Å². The number of hydrogen-bond acceptors (Lipinski definition) is 2. The van der Waals surface area contributed by atoms with Gasteiger partial charge in [-0.2, -0.15) is 9.18 Å². The molecule has 6 aromatic carbocycles. The third-order valence-electron chi connectivity index (χ3n) is 13.2. The van der Waals surface area contributed by atoms with Crippen LogP contribution in [0.3, 0.4) is 0 Å². The van der Waals surface area contributed by atoms with Gasteiger partial charge < -0.3 is 4.74 Å². The summed E-state index contributed by atoms with van der Waals surface area (Å²) in [5.74, 6) is 3.35. The van der Waals surface area contributed by atoms with Crippen molar-refractivity contribution < 1.29 is 4.74 Å². The van der Waals surface area contributed by atoms with Crippen LogP contribution in [0.5, 0.6) is 11.5 Å². The molecule has 8 aromatic rings. The lowest BCUT2D eigenvalue weighted by Gasteiger charge is -2.40. The van der Waals surface area contributed by atoms with Crippen molar-refractivity contribution in [3.05, 3.63) is 175 Å². The van der Waals surface area contributed by atoms with Crippen LogP contribution in [0, 0.1) is 6.67 Å². The summed E-state index contributed by atoms with van der Waals surface area (Å²) in [4.78, 5) is 4.92. The van der Waals surface area contributed by atoms with E-state index in [1.54, 1.807) is 0 Å². The second kappa shape index (κ2) is 13.8. The smallest absolute Gasteiger partial charge is 0.225 e. The molecular formula is C56H57N4O+. The van der Waals surface area contributed by atoms with Gasteiger partial charge in [0.25, 0.3) is 0 Å². The summed E-state index contributed by atoms with van der Waals surface area (Å²) in [5.41, 5.74) is 15.1. The van der Waals surface area contributed by atoms with E-state index in [2.05, 4.69) is 220 Å². The van der Waals surface area contributed by atoms with E-state index in [1.807, 2.05) is 6.20 Å². The number of hydrogen-bond donors (Lipinski definition) is 0. The normalized spacial score (nSPS) is 18.4. The molecule has 61 heavy (non-hydrogen) atoms. The number of ether oxygens (including phenoxy) is 1. The molecule has 10 rings (SSSR count). The Labute approximate surface area is 361 Å². The Hall–Kier alpha value is -6.01. The van der Waals surface area contributed by atoms with Gasteiger partial charge in [0.2, 0.25) is 11.4 Å². The highest BCUT2D eigenvalue weighted by Gasteiger charge is 2.78. The van der Waals surface area contributed by atoms with Crippen LogP contribution in [-0.4, -0.2) is 9.55 Å². The van der Waals surface area contributed by atoms with E-state index in [0.29, 0.717) is 21.0 Å². The molecule has 1 unspecified atom stereocenters. The Kier molecular flexibility index (Phi) is 8.83. The zero-order chi connectivity index (χ0) is 42.6. The SMILES string of the molecule is CC(C)c1cccc(C(C)C)c1-c1cccc([N+]23[CH-][N@@+]2(c2cc(Oc4ccc5c6ccccc6n(-c6cc(C(C)(C)C)ccn6)c5c4)cc(C(C)(C)C)c2)c2ccccc23)c1. The molecule has 1 saturated heterocycles. The van der Waals surface area contributed by atoms with Crippen molar-refractivity contribution in [2.75, 3.05) is 0 Å². The minimum Gasteiger partial charge on any atom is -0.457 e. The Bertz CT molecular complexity index is 3000. The average molecular weight is 802 g/mol. The van der Waals surface area contributed by atoms with Crippen molar-refractivity contribution in [2.24, 2.45) is 0 Å². The molecule has 2 atom stereocenters. The Morgan fingerprint density at radius 3 is 1.87 bits per heavy atom. The van der Waals surface area contributed by atoms with Crippen LogP contribution in [0.15, 0.2) is 146 Å². The predicted octanol–water partition coefficient (Wildman–Crippen LogP) is 15.8. The van der Waals surface area contributed by atoms with E-state index >= 15 is 0 Å². The van der Waals surface area contributed by atoms with E-state index in [4.69, 9.17) is 9.72 Å².